The summed E-state index contributed by atoms with van der Waals surface area (Å²) >= 11 is 1.61. The highest BCUT2D eigenvalue weighted by Crippen LogP contribution is 2.37. The summed E-state index contributed by atoms with van der Waals surface area (Å²) < 4.78 is 1.95. The van der Waals surface area contributed by atoms with Gasteiger partial charge < -0.3 is 5.73 Å². The summed E-state index contributed by atoms with van der Waals surface area (Å²) in [5, 5.41) is 14.5. The third kappa shape index (κ3) is 2.05. The van der Waals surface area contributed by atoms with E-state index in [2.05, 4.69) is 24.0 Å². The maximum Gasteiger partial charge on any atom is 0.234 e. The van der Waals surface area contributed by atoms with Crippen molar-refractivity contribution in [3.8, 4) is 0 Å². The van der Waals surface area contributed by atoms with E-state index in [4.69, 9.17) is 10.8 Å². The topological polar surface area (TPSA) is 69.1 Å². The third-order valence-corrected chi connectivity index (χ3v) is 6.10. The maximum atomic E-state index is 6.32. The second-order valence-electron chi connectivity index (χ2n) is 6.99. The Morgan fingerprint density at radius 3 is 2.40 bits per heavy atom. The molecule has 1 aliphatic carbocycles. The number of nitrogens with two attached hydrogens (primary N) is 1. The molecule has 6 heteroatoms. The van der Waals surface area contributed by atoms with E-state index in [1.807, 2.05) is 18.4 Å². The lowest BCUT2D eigenvalue weighted by Crippen LogP contribution is -2.50. The van der Waals surface area contributed by atoms with Crippen molar-refractivity contribution in [3.05, 3.63) is 10.8 Å². The Hall–Kier alpha value is -1.01. The van der Waals surface area contributed by atoms with Gasteiger partial charge >= 0.3 is 0 Å². The lowest BCUT2D eigenvalue weighted by atomic mass is 9.76. The van der Waals surface area contributed by atoms with Crippen LogP contribution in [0.25, 0.3) is 4.96 Å². The second kappa shape index (κ2) is 4.49. The molecule has 0 radical (unpaired) electrons. The molecule has 0 saturated heterocycles. The quantitative estimate of drug-likeness (QED) is 0.944. The number of nitrogens with zero attached hydrogens (tertiary/aromatic N) is 4. The second-order valence-corrected chi connectivity index (χ2v) is 7.94. The van der Waals surface area contributed by atoms with Crippen molar-refractivity contribution in [2.24, 2.45) is 5.73 Å². The molecule has 0 atom stereocenters. The average molecular weight is 293 g/mol. The largest absolute Gasteiger partial charge is 0.325 e. The van der Waals surface area contributed by atoms with Gasteiger partial charge in [-0.05, 0) is 26.7 Å². The molecule has 20 heavy (non-hydrogen) atoms. The molecule has 2 aromatic heterocycles. The third-order valence-electron chi connectivity index (χ3n) is 4.88. The van der Waals surface area contributed by atoms with E-state index >= 15 is 0 Å². The molecule has 0 amide bonds. The molecule has 2 aromatic rings. The fourth-order valence-electron chi connectivity index (χ4n) is 2.60. The highest BCUT2D eigenvalue weighted by molar-refractivity contribution is 7.16. The molecular weight excluding hydrogens is 270 g/mol. The van der Waals surface area contributed by atoms with E-state index in [0.717, 1.165) is 15.8 Å². The van der Waals surface area contributed by atoms with Gasteiger partial charge in [0.25, 0.3) is 0 Å². The Balaban J connectivity index is 2.03. The molecule has 0 bridgehead atoms. The number of hydrogen-bond acceptors (Lipinski definition) is 5. The first-order valence-corrected chi connectivity index (χ1v) is 8.14. The molecule has 1 aliphatic rings. The van der Waals surface area contributed by atoms with Crippen LogP contribution in [0.2, 0.25) is 0 Å². The van der Waals surface area contributed by atoms with Crippen LogP contribution in [0.15, 0.2) is 0 Å². The monoisotopic (exact) mass is 293 g/mol. The molecule has 110 valence electrons. The number of rotatable bonds is 3. The lowest BCUT2D eigenvalue weighted by molar-refractivity contribution is 0.303. The number of aromatic nitrogens is 4. The van der Waals surface area contributed by atoms with Crippen molar-refractivity contribution in [1.82, 2.24) is 19.8 Å². The smallest absolute Gasteiger partial charge is 0.234 e. The Kier molecular flexibility index (Phi) is 3.14. The van der Waals surface area contributed by atoms with Gasteiger partial charge in [0.2, 0.25) is 4.96 Å². The minimum atomic E-state index is -0.330. The van der Waals surface area contributed by atoms with Gasteiger partial charge in [-0.3, -0.25) is 0 Å². The highest BCUT2D eigenvalue weighted by Gasteiger charge is 2.39. The number of fused-ring (bicyclic) bond motifs is 1. The van der Waals surface area contributed by atoms with Gasteiger partial charge in [0.1, 0.15) is 5.01 Å². The van der Waals surface area contributed by atoms with E-state index < -0.39 is 0 Å². The predicted octanol–water partition coefficient (Wildman–Crippen LogP) is 2.86. The van der Waals surface area contributed by atoms with E-state index in [-0.39, 0.29) is 11.0 Å². The van der Waals surface area contributed by atoms with Gasteiger partial charge in [-0.1, -0.05) is 38.0 Å². The molecule has 5 nitrogen and oxygen atoms in total. The van der Waals surface area contributed by atoms with Crippen LogP contribution in [0.3, 0.4) is 0 Å². The Morgan fingerprint density at radius 1 is 1.15 bits per heavy atom. The first-order valence-electron chi connectivity index (χ1n) is 7.32. The van der Waals surface area contributed by atoms with Crippen LogP contribution in [0.5, 0.6) is 0 Å². The number of hydrogen-bond donors (Lipinski definition) is 1. The summed E-state index contributed by atoms with van der Waals surface area (Å²) in [6.07, 6.45) is 4.99. The van der Waals surface area contributed by atoms with Crippen molar-refractivity contribution in [2.75, 3.05) is 0 Å². The van der Waals surface area contributed by atoms with Gasteiger partial charge in [-0.2, -0.15) is 9.61 Å². The zero-order valence-electron chi connectivity index (χ0n) is 12.7. The fourth-order valence-corrected chi connectivity index (χ4v) is 3.71. The Bertz CT molecular complexity index is 613. The molecule has 0 aromatic carbocycles. The van der Waals surface area contributed by atoms with Crippen molar-refractivity contribution in [2.45, 2.75) is 70.3 Å². The first-order chi connectivity index (χ1) is 9.30. The summed E-state index contributed by atoms with van der Waals surface area (Å²) in [5.41, 5.74) is 5.80. The van der Waals surface area contributed by atoms with Gasteiger partial charge in [0.05, 0.1) is 0 Å². The van der Waals surface area contributed by atoms with Crippen molar-refractivity contribution >= 4 is 16.3 Å². The molecule has 0 unspecified atom stereocenters. The molecule has 2 N–H and O–H groups in total. The van der Waals surface area contributed by atoms with Gasteiger partial charge in [-0.15, -0.1) is 10.2 Å². The summed E-state index contributed by atoms with van der Waals surface area (Å²) in [4.78, 5) is 0.888. The molecular formula is C14H23N5S. The maximum absolute atomic E-state index is 6.32. The standard InChI is InChI=1S/C14H23N5S/c1-13(2,14(3,4)15)11-18-19-10(9-7-5-6-8-9)16-17-12(19)20-11/h9H,5-8,15H2,1-4H3. The summed E-state index contributed by atoms with van der Waals surface area (Å²) in [6.45, 7) is 8.39. The molecule has 0 aliphatic heterocycles. The van der Waals surface area contributed by atoms with Crippen LogP contribution in [-0.4, -0.2) is 25.4 Å². The zero-order chi connectivity index (χ0) is 14.5. The van der Waals surface area contributed by atoms with Crippen molar-refractivity contribution in [1.29, 1.82) is 0 Å². The normalized spacial score (nSPS) is 18.2. The van der Waals surface area contributed by atoms with Gasteiger partial charge in [0.15, 0.2) is 5.82 Å². The SMILES string of the molecule is CC(C)(N)C(C)(C)c1nn2c(C3CCCC3)nnc2s1. The molecule has 2 heterocycles. The highest BCUT2D eigenvalue weighted by atomic mass is 32.1. The van der Waals surface area contributed by atoms with Gasteiger partial charge in [-0.25, -0.2) is 0 Å². The minimum absolute atomic E-state index is 0.189. The minimum Gasteiger partial charge on any atom is -0.325 e. The van der Waals surface area contributed by atoms with E-state index in [9.17, 15) is 0 Å². The molecule has 0 spiro atoms. The van der Waals surface area contributed by atoms with E-state index in [1.165, 1.54) is 25.7 Å². The summed E-state index contributed by atoms with van der Waals surface area (Å²) in [7, 11) is 0. The Labute approximate surface area is 123 Å². The predicted molar refractivity (Wildman–Crippen MR) is 81.2 cm³/mol. The average Bonchev–Trinajstić information content (AvgIpc) is 3.02. The lowest BCUT2D eigenvalue weighted by Gasteiger charge is -2.36. The van der Waals surface area contributed by atoms with E-state index in [0.29, 0.717) is 5.92 Å². The first kappa shape index (κ1) is 13.9. The molecule has 3 rings (SSSR count). The Morgan fingerprint density at radius 2 is 1.80 bits per heavy atom. The van der Waals surface area contributed by atoms with Crippen LogP contribution >= 0.6 is 11.3 Å². The summed E-state index contributed by atoms with van der Waals surface area (Å²) in [6, 6.07) is 0. The summed E-state index contributed by atoms with van der Waals surface area (Å²) in [5.74, 6) is 1.56. The van der Waals surface area contributed by atoms with Crippen LogP contribution in [0.4, 0.5) is 0 Å². The van der Waals surface area contributed by atoms with Gasteiger partial charge in [0, 0.05) is 16.9 Å². The molecule has 1 fully saturated rings. The van der Waals surface area contributed by atoms with Crippen LogP contribution in [-0.2, 0) is 5.41 Å². The van der Waals surface area contributed by atoms with E-state index in [1.54, 1.807) is 11.3 Å². The van der Waals surface area contributed by atoms with Crippen LogP contribution < -0.4 is 5.73 Å². The van der Waals surface area contributed by atoms with Crippen LogP contribution in [0, 0.1) is 0 Å². The fraction of sp³-hybridized carbons (Fsp3) is 0.786. The van der Waals surface area contributed by atoms with Crippen molar-refractivity contribution < 1.29 is 0 Å². The molecule has 1 saturated carbocycles. The zero-order valence-corrected chi connectivity index (χ0v) is 13.5. The van der Waals surface area contributed by atoms with Crippen LogP contribution in [0.1, 0.15) is 70.1 Å². The van der Waals surface area contributed by atoms with Crippen molar-refractivity contribution in [3.63, 3.8) is 0 Å².